The van der Waals surface area contributed by atoms with Crippen LogP contribution in [-0.2, 0) is 4.74 Å². The lowest BCUT2D eigenvalue weighted by atomic mass is 10.1. The second-order valence-electron chi connectivity index (χ2n) is 3.37. The average Bonchev–Trinajstić information content (AvgIpc) is 2.37. The van der Waals surface area contributed by atoms with Crippen LogP contribution in [0.1, 0.15) is 39.0 Å². The summed E-state index contributed by atoms with van der Waals surface area (Å²) < 4.78 is 5.63. The van der Waals surface area contributed by atoms with Gasteiger partial charge in [0.1, 0.15) is 0 Å². The molecule has 1 heterocycles. The largest absolute Gasteiger partial charge is 0.396 e. The third-order valence-electron chi connectivity index (χ3n) is 2.25. The van der Waals surface area contributed by atoms with Gasteiger partial charge in [-0.15, -0.1) is 0 Å². The summed E-state index contributed by atoms with van der Waals surface area (Å²) >= 11 is 0. The van der Waals surface area contributed by atoms with E-state index in [1.807, 2.05) is 0 Å². The summed E-state index contributed by atoms with van der Waals surface area (Å²) in [7, 11) is 0. The molecule has 1 N–H and O–H groups in total. The lowest BCUT2D eigenvalue weighted by Gasteiger charge is -2.09. The highest BCUT2D eigenvalue weighted by Crippen LogP contribution is 2.22. The molecule has 1 aliphatic heterocycles. The van der Waals surface area contributed by atoms with Crippen molar-refractivity contribution in [2.45, 2.75) is 51.2 Å². The molecular formula is C9H18O2. The zero-order chi connectivity index (χ0) is 8.10. The molecular weight excluding hydrogens is 140 g/mol. The molecule has 0 bridgehead atoms. The predicted molar refractivity (Wildman–Crippen MR) is 44.5 cm³/mol. The van der Waals surface area contributed by atoms with Crippen molar-refractivity contribution < 1.29 is 9.84 Å². The minimum Gasteiger partial charge on any atom is -0.396 e. The van der Waals surface area contributed by atoms with Gasteiger partial charge < -0.3 is 9.84 Å². The molecule has 2 nitrogen and oxygen atoms in total. The van der Waals surface area contributed by atoms with Crippen LogP contribution in [0.5, 0.6) is 0 Å². The molecule has 0 aliphatic carbocycles. The molecule has 1 fully saturated rings. The van der Waals surface area contributed by atoms with E-state index in [4.69, 9.17) is 9.84 Å². The van der Waals surface area contributed by atoms with Crippen molar-refractivity contribution in [1.82, 2.24) is 0 Å². The van der Waals surface area contributed by atoms with Crippen molar-refractivity contribution in [2.24, 2.45) is 0 Å². The van der Waals surface area contributed by atoms with Crippen molar-refractivity contribution in [1.29, 1.82) is 0 Å². The maximum atomic E-state index is 8.55. The summed E-state index contributed by atoms with van der Waals surface area (Å²) in [5.41, 5.74) is 0. The minimum absolute atomic E-state index is 0.322. The van der Waals surface area contributed by atoms with Crippen LogP contribution in [-0.4, -0.2) is 23.9 Å². The summed E-state index contributed by atoms with van der Waals surface area (Å²) in [4.78, 5) is 0. The van der Waals surface area contributed by atoms with Crippen LogP contribution in [0.2, 0.25) is 0 Å². The first-order valence-electron chi connectivity index (χ1n) is 4.59. The van der Waals surface area contributed by atoms with Crippen LogP contribution in [0, 0.1) is 0 Å². The molecule has 0 radical (unpaired) electrons. The molecule has 0 aromatic rings. The summed E-state index contributed by atoms with van der Waals surface area (Å²) in [6, 6.07) is 0. The Morgan fingerprint density at radius 2 is 2.18 bits per heavy atom. The predicted octanol–water partition coefficient (Wildman–Crippen LogP) is 1.72. The molecule has 1 aliphatic rings. The fourth-order valence-corrected chi connectivity index (χ4v) is 1.58. The van der Waals surface area contributed by atoms with Crippen LogP contribution in [0.15, 0.2) is 0 Å². The molecule has 2 atom stereocenters. The van der Waals surface area contributed by atoms with E-state index in [1.54, 1.807) is 0 Å². The number of unbranched alkanes of at least 4 members (excludes halogenated alkanes) is 1. The number of ether oxygens (including phenoxy) is 1. The molecule has 66 valence electrons. The topological polar surface area (TPSA) is 29.5 Å². The third kappa shape index (κ3) is 3.21. The van der Waals surface area contributed by atoms with Crippen LogP contribution < -0.4 is 0 Å². The number of aliphatic hydroxyl groups excluding tert-OH is 1. The lowest BCUT2D eigenvalue weighted by molar-refractivity contribution is 0.0488. The van der Waals surface area contributed by atoms with E-state index in [9.17, 15) is 0 Å². The zero-order valence-corrected chi connectivity index (χ0v) is 7.25. The summed E-state index contributed by atoms with van der Waals surface area (Å²) in [6.45, 7) is 2.45. The lowest BCUT2D eigenvalue weighted by Crippen LogP contribution is -2.07. The average molecular weight is 158 g/mol. The third-order valence-corrected chi connectivity index (χ3v) is 2.25. The van der Waals surface area contributed by atoms with Crippen molar-refractivity contribution in [3.05, 3.63) is 0 Å². The van der Waals surface area contributed by atoms with E-state index in [0.717, 1.165) is 19.3 Å². The Bertz CT molecular complexity index is 104. The Balaban J connectivity index is 1.99. The van der Waals surface area contributed by atoms with Crippen molar-refractivity contribution >= 4 is 0 Å². The Hall–Kier alpha value is -0.0800. The van der Waals surface area contributed by atoms with Gasteiger partial charge in [0, 0.05) is 6.61 Å². The van der Waals surface area contributed by atoms with Gasteiger partial charge in [-0.25, -0.2) is 0 Å². The van der Waals surface area contributed by atoms with Gasteiger partial charge in [0.25, 0.3) is 0 Å². The van der Waals surface area contributed by atoms with Crippen molar-refractivity contribution in [3.63, 3.8) is 0 Å². The molecule has 1 saturated heterocycles. The van der Waals surface area contributed by atoms with Gasteiger partial charge in [-0.3, -0.25) is 0 Å². The highest BCUT2D eigenvalue weighted by atomic mass is 16.5. The molecule has 2 unspecified atom stereocenters. The van der Waals surface area contributed by atoms with E-state index in [2.05, 4.69) is 6.92 Å². The maximum Gasteiger partial charge on any atom is 0.0579 e. The van der Waals surface area contributed by atoms with Crippen molar-refractivity contribution in [2.75, 3.05) is 6.61 Å². The van der Waals surface area contributed by atoms with Crippen LogP contribution in [0.25, 0.3) is 0 Å². The molecule has 0 saturated carbocycles. The van der Waals surface area contributed by atoms with Crippen molar-refractivity contribution in [3.8, 4) is 0 Å². The Morgan fingerprint density at radius 3 is 2.73 bits per heavy atom. The molecule has 0 amide bonds. The molecule has 1 rings (SSSR count). The first-order valence-corrected chi connectivity index (χ1v) is 4.59. The Labute approximate surface area is 68.6 Å². The molecule has 2 heteroatoms. The van der Waals surface area contributed by atoms with Gasteiger partial charge >= 0.3 is 0 Å². The maximum absolute atomic E-state index is 8.55. The summed E-state index contributed by atoms with van der Waals surface area (Å²) in [5.74, 6) is 0. The fraction of sp³-hybridized carbons (Fsp3) is 1.00. The van der Waals surface area contributed by atoms with Gasteiger partial charge in [-0.1, -0.05) is 0 Å². The van der Waals surface area contributed by atoms with Crippen LogP contribution in [0.3, 0.4) is 0 Å². The van der Waals surface area contributed by atoms with E-state index in [1.165, 1.54) is 12.8 Å². The van der Waals surface area contributed by atoms with Crippen LogP contribution in [0.4, 0.5) is 0 Å². The van der Waals surface area contributed by atoms with Gasteiger partial charge in [0.05, 0.1) is 12.2 Å². The first kappa shape index (κ1) is 9.01. The summed E-state index contributed by atoms with van der Waals surface area (Å²) in [5, 5.41) is 8.55. The monoisotopic (exact) mass is 158 g/mol. The first-order chi connectivity index (χ1) is 5.33. The summed E-state index contributed by atoms with van der Waals surface area (Å²) in [6.07, 6.45) is 6.54. The van der Waals surface area contributed by atoms with E-state index < -0.39 is 0 Å². The number of hydrogen-bond acceptors (Lipinski definition) is 2. The second-order valence-corrected chi connectivity index (χ2v) is 3.37. The normalized spacial score (nSPS) is 31.1. The van der Waals surface area contributed by atoms with E-state index in [-0.39, 0.29) is 0 Å². The number of hydrogen-bond donors (Lipinski definition) is 1. The zero-order valence-electron chi connectivity index (χ0n) is 7.25. The highest BCUT2D eigenvalue weighted by Gasteiger charge is 2.20. The number of aliphatic hydroxyl groups is 1. The van der Waals surface area contributed by atoms with E-state index >= 15 is 0 Å². The quantitative estimate of drug-likeness (QED) is 0.631. The molecule has 0 aromatic heterocycles. The second kappa shape index (κ2) is 4.73. The smallest absolute Gasteiger partial charge is 0.0579 e. The molecule has 0 spiro atoms. The molecule has 11 heavy (non-hydrogen) atoms. The minimum atomic E-state index is 0.322. The van der Waals surface area contributed by atoms with Gasteiger partial charge in [0.15, 0.2) is 0 Å². The Morgan fingerprint density at radius 1 is 1.36 bits per heavy atom. The van der Waals surface area contributed by atoms with Gasteiger partial charge in [-0.2, -0.15) is 0 Å². The Kier molecular flexibility index (Phi) is 3.87. The standard InChI is InChI=1S/C9H18O2/c1-8-5-6-9(11-8)4-2-3-7-10/h8-10H,2-7H2,1H3. The highest BCUT2D eigenvalue weighted by molar-refractivity contribution is 4.69. The van der Waals surface area contributed by atoms with Gasteiger partial charge in [0.2, 0.25) is 0 Å². The fourth-order valence-electron chi connectivity index (χ4n) is 1.58. The SMILES string of the molecule is CC1CCC(CCCCO)O1. The molecule has 0 aromatic carbocycles. The van der Waals surface area contributed by atoms with Gasteiger partial charge in [-0.05, 0) is 39.0 Å². The number of rotatable bonds is 4. The van der Waals surface area contributed by atoms with Crippen LogP contribution >= 0.6 is 0 Å². The van der Waals surface area contributed by atoms with E-state index in [0.29, 0.717) is 18.8 Å².